The Balaban J connectivity index is 1.76. The molecule has 2 N–H and O–H groups in total. The van der Waals surface area contributed by atoms with Gasteiger partial charge in [-0.15, -0.1) is 0 Å². The second-order valence-corrected chi connectivity index (χ2v) is 8.27. The fourth-order valence-corrected chi connectivity index (χ4v) is 6.13. The summed E-state index contributed by atoms with van der Waals surface area (Å²) in [6.07, 6.45) is 6.63. The summed E-state index contributed by atoms with van der Waals surface area (Å²) < 4.78 is 0. The zero-order valence-electron chi connectivity index (χ0n) is 13.8. The molecular formula is C19H24O4. The highest BCUT2D eigenvalue weighted by Gasteiger charge is 2.61. The van der Waals surface area contributed by atoms with Gasteiger partial charge in [0.05, 0.1) is 5.41 Å². The van der Waals surface area contributed by atoms with Gasteiger partial charge in [-0.1, -0.05) is 12.5 Å². The highest BCUT2D eigenvalue weighted by Crippen LogP contribution is 2.63. The molecule has 0 radical (unpaired) electrons. The topological polar surface area (TPSA) is 74.6 Å². The Morgan fingerprint density at radius 1 is 1.04 bits per heavy atom. The van der Waals surface area contributed by atoms with Crippen LogP contribution in [0.1, 0.15) is 52.4 Å². The number of aliphatic hydroxyl groups is 2. The Labute approximate surface area is 136 Å². The van der Waals surface area contributed by atoms with E-state index in [2.05, 4.69) is 6.92 Å². The molecule has 0 unspecified atom stereocenters. The Morgan fingerprint density at radius 3 is 2.52 bits per heavy atom. The van der Waals surface area contributed by atoms with E-state index in [0.29, 0.717) is 24.0 Å². The summed E-state index contributed by atoms with van der Waals surface area (Å²) >= 11 is 0. The van der Waals surface area contributed by atoms with Crippen molar-refractivity contribution in [2.24, 2.45) is 28.6 Å². The lowest BCUT2D eigenvalue weighted by molar-refractivity contribution is -0.139. The van der Waals surface area contributed by atoms with Gasteiger partial charge in [-0.2, -0.15) is 0 Å². The molecule has 0 amide bonds. The molecule has 0 heterocycles. The summed E-state index contributed by atoms with van der Waals surface area (Å²) in [7, 11) is 0. The van der Waals surface area contributed by atoms with Crippen molar-refractivity contribution in [1.29, 1.82) is 0 Å². The number of allylic oxidation sites excluding steroid dienone is 3. The van der Waals surface area contributed by atoms with E-state index in [1.54, 1.807) is 6.08 Å². The van der Waals surface area contributed by atoms with Crippen LogP contribution in [0.3, 0.4) is 0 Å². The molecule has 3 saturated carbocycles. The first-order chi connectivity index (χ1) is 10.8. The smallest absolute Gasteiger partial charge is 0.211 e. The third-order valence-electron chi connectivity index (χ3n) is 7.54. The first-order valence-electron chi connectivity index (χ1n) is 8.71. The van der Waals surface area contributed by atoms with Gasteiger partial charge in [-0.05, 0) is 62.9 Å². The van der Waals surface area contributed by atoms with Crippen molar-refractivity contribution in [2.75, 3.05) is 0 Å². The fraction of sp³-hybridized carbons (Fsp3) is 0.684. The van der Waals surface area contributed by atoms with E-state index in [1.165, 1.54) is 0 Å². The van der Waals surface area contributed by atoms with Gasteiger partial charge >= 0.3 is 0 Å². The molecule has 0 spiro atoms. The molecule has 23 heavy (non-hydrogen) atoms. The number of hydrogen-bond acceptors (Lipinski definition) is 4. The van der Waals surface area contributed by atoms with E-state index in [9.17, 15) is 19.8 Å². The molecule has 4 aliphatic rings. The number of Topliss-reactive ketones (excluding diaryl/α,β-unsaturated/α-hetero) is 2. The van der Waals surface area contributed by atoms with Crippen LogP contribution >= 0.6 is 0 Å². The molecule has 4 heteroatoms. The maximum absolute atomic E-state index is 12.8. The Hall–Kier alpha value is -1.58. The normalized spacial score (nSPS) is 46.2. The average molecular weight is 316 g/mol. The van der Waals surface area contributed by atoms with Crippen LogP contribution in [0.5, 0.6) is 0 Å². The number of ketones is 2. The van der Waals surface area contributed by atoms with Crippen LogP contribution in [0, 0.1) is 28.6 Å². The van der Waals surface area contributed by atoms with E-state index < -0.39 is 11.2 Å². The molecule has 4 aliphatic carbocycles. The van der Waals surface area contributed by atoms with E-state index in [4.69, 9.17) is 0 Å². The number of hydrogen-bond donors (Lipinski definition) is 2. The number of carbonyl (C=O) groups is 2. The fourth-order valence-electron chi connectivity index (χ4n) is 6.13. The van der Waals surface area contributed by atoms with Crippen molar-refractivity contribution < 1.29 is 19.8 Å². The maximum atomic E-state index is 12.8. The highest BCUT2D eigenvalue weighted by atomic mass is 16.3. The van der Waals surface area contributed by atoms with Crippen molar-refractivity contribution in [3.63, 3.8) is 0 Å². The Kier molecular flexibility index (Phi) is 2.92. The monoisotopic (exact) mass is 316 g/mol. The van der Waals surface area contributed by atoms with E-state index in [0.717, 1.165) is 37.7 Å². The van der Waals surface area contributed by atoms with Crippen molar-refractivity contribution in [2.45, 2.75) is 52.4 Å². The molecule has 0 saturated heterocycles. The second kappa shape index (κ2) is 4.49. The average Bonchev–Trinajstić information content (AvgIpc) is 2.83. The number of carbonyl (C=O) groups excluding carboxylic acids is 2. The van der Waals surface area contributed by atoms with Gasteiger partial charge in [-0.25, -0.2) is 0 Å². The molecule has 4 rings (SSSR count). The van der Waals surface area contributed by atoms with Crippen LogP contribution in [0.2, 0.25) is 0 Å². The van der Waals surface area contributed by atoms with Gasteiger partial charge in [0.25, 0.3) is 0 Å². The lowest BCUT2D eigenvalue weighted by Gasteiger charge is -2.55. The zero-order chi connectivity index (χ0) is 16.6. The summed E-state index contributed by atoms with van der Waals surface area (Å²) in [6, 6.07) is 0. The lowest BCUT2D eigenvalue weighted by atomic mass is 9.47. The zero-order valence-corrected chi connectivity index (χ0v) is 13.8. The van der Waals surface area contributed by atoms with Crippen LogP contribution in [0.15, 0.2) is 23.2 Å². The van der Waals surface area contributed by atoms with Crippen molar-refractivity contribution in [3.05, 3.63) is 23.2 Å². The molecule has 124 valence electrons. The second-order valence-electron chi connectivity index (χ2n) is 8.27. The molecule has 0 aromatic rings. The minimum Gasteiger partial charge on any atom is -0.504 e. The molecule has 5 atom stereocenters. The predicted molar refractivity (Wildman–Crippen MR) is 84.8 cm³/mol. The van der Waals surface area contributed by atoms with Crippen molar-refractivity contribution in [1.82, 2.24) is 0 Å². The van der Waals surface area contributed by atoms with E-state index in [-0.39, 0.29) is 22.9 Å². The standard InChI is InChI=1S/C19H24O4/c1-18-8-7-13-11(12(18)5-6-15(18)21)4-3-10-9-14(20)16(22)17(23)19(10,13)2/h9,11-13,20,22H,3-8H2,1-2H3/t11-,12-,13-,18-,19-/m0/s1. The van der Waals surface area contributed by atoms with Crippen LogP contribution < -0.4 is 0 Å². The van der Waals surface area contributed by atoms with Crippen LogP contribution in [-0.2, 0) is 9.59 Å². The van der Waals surface area contributed by atoms with Gasteiger partial charge in [0.1, 0.15) is 5.78 Å². The summed E-state index contributed by atoms with van der Waals surface area (Å²) in [5.74, 6) is 0.151. The molecule has 0 aliphatic heterocycles. The van der Waals surface area contributed by atoms with Crippen LogP contribution in [-0.4, -0.2) is 21.8 Å². The van der Waals surface area contributed by atoms with Crippen LogP contribution in [0.4, 0.5) is 0 Å². The Bertz CT molecular complexity index is 673. The van der Waals surface area contributed by atoms with E-state index >= 15 is 0 Å². The first kappa shape index (κ1) is 15.0. The molecule has 0 aromatic carbocycles. The minimum atomic E-state index is -0.716. The number of fused-ring (bicyclic) bond motifs is 5. The first-order valence-corrected chi connectivity index (χ1v) is 8.71. The summed E-state index contributed by atoms with van der Waals surface area (Å²) in [6.45, 7) is 4.04. The van der Waals surface area contributed by atoms with Gasteiger partial charge in [0.15, 0.2) is 5.76 Å². The molecule has 0 aromatic heterocycles. The van der Waals surface area contributed by atoms with Crippen molar-refractivity contribution >= 4 is 11.6 Å². The van der Waals surface area contributed by atoms with Gasteiger partial charge in [0.2, 0.25) is 11.5 Å². The largest absolute Gasteiger partial charge is 0.504 e. The van der Waals surface area contributed by atoms with E-state index in [1.807, 2.05) is 6.92 Å². The molecular weight excluding hydrogens is 292 g/mol. The number of rotatable bonds is 0. The minimum absolute atomic E-state index is 0.161. The summed E-state index contributed by atoms with van der Waals surface area (Å²) in [5.41, 5.74) is 0.0230. The summed E-state index contributed by atoms with van der Waals surface area (Å²) in [5, 5.41) is 19.8. The van der Waals surface area contributed by atoms with Crippen molar-refractivity contribution in [3.8, 4) is 0 Å². The SMILES string of the molecule is C[C@]12C(=O)C(O)=C(O)C=C1CC[C@@H]1[C@@H]2CC[C@]2(C)C(=O)CC[C@@H]12. The lowest BCUT2D eigenvalue weighted by Crippen LogP contribution is -2.53. The highest BCUT2D eigenvalue weighted by molar-refractivity contribution is 6.02. The third-order valence-corrected chi connectivity index (χ3v) is 7.54. The molecule has 4 nitrogen and oxygen atoms in total. The molecule has 0 bridgehead atoms. The van der Waals surface area contributed by atoms with Crippen LogP contribution in [0.25, 0.3) is 0 Å². The van der Waals surface area contributed by atoms with Gasteiger partial charge in [-0.3, -0.25) is 9.59 Å². The third kappa shape index (κ3) is 1.67. The predicted octanol–water partition coefficient (Wildman–Crippen LogP) is 3.63. The molecule has 3 fully saturated rings. The van der Waals surface area contributed by atoms with Gasteiger partial charge in [0, 0.05) is 11.8 Å². The maximum Gasteiger partial charge on any atom is 0.211 e. The quantitative estimate of drug-likeness (QED) is 0.715. The number of aliphatic hydroxyl groups excluding tert-OH is 2. The van der Waals surface area contributed by atoms with Gasteiger partial charge < -0.3 is 10.2 Å². The Morgan fingerprint density at radius 2 is 1.78 bits per heavy atom. The summed E-state index contributed by atoms with van der Waals surface area (Å²) in [4.78, 5) is 25.2.